The predicted molar refractivity (Wildman–Crippen MR) is 65.3 cm³/mol. The van der Waals surface area contributed by atoms with Gasteiger partial charge in [0, 0.05) is 9.99 Å². The van der Waals surface area contributed by atoms with Gasteiger partial charge in [-0.1, -0.05) is 13.0 Å². The van der Waals surface area contributed by atoms with Gasteiger partial charge in [-0.2, -0.15) is 0 Å². The van der Waals surface area contributed by atoms with Gasteiger partial charge < -0.3 is 5.73 Å². The van der Waals surface area contributed by atoms with Crippen molar-refractivity contribution in [3.63, 3.8) is 0 Å². The number of hydrogen-bond donors (Lipinski definition) is 1. The molecule has 70 valence electrons. The van der Waals surface area contributed by atoms with Crippen LogP contribution in [0.1, 0.15) is 19.8 Å². The lowest BCUT2D eigenvalue weighted by Gasteiger charge is -1.98. The Hall–Kier alpha value is -0.580. The summed E-state index contributed by atoms with van der Waals surface area (Å²) >= 11 is 2.26. The number of rotatable bonds is 3. The first-order valence-corrected chi connectivity index (χ1v) is 5.39. The maximum absolute atomic E-state index is 5.71. The standard InChI is InChI=1S/C10H13IN2/c1-2-4-10(12)13-9-6-3-5-8(11)7-9/h3,5-7H,2,4H2,1H3,(H2,12,13). The van der Waals surface area contributed by atoms with Gasteiger partial charge >= 0.3 is 0 Å². The molecule has 0 atom stereocenters. The minimum atomic E-state index is 0.713. The zero-order valence-corrected chi connectivity index (χ0v) is 9.78. The van der Waals surface area contributed by atoms with Gasteiger partial charge in [-0.3, -0.25) is 0 Å². The van der Waals surface area contributed by atoms with Crippen LogP contribution in [0, 0.1) is 3.57 Å². The molecule has 0 heterocycles. The van der Waals surface area contributed by atoms with Crippen molar-refractivity contribution in [3.8, 4) is 0 Å². The lowest BCUT2D eigenvalue weighted by Crippen LogP contribution is -2.09. The van der Waals surface area contributed by atoms with Gasteiger partial charge in [0.15, 0.2) is 0 Å². The Balaban J connectivity index is 2.78. The molecule has 0 spiro atoms. The van der Waals surface area contributed by atoms with Gasteiger partial charge in [0.05, 0.1) is 11.5 Å². The van der Waals surface area contributed by atoms with Crippen molar-refractivity contribution < 1.29 is 0 Å². The Labute approximate surface area is 92.4 Å². The Morgan fingerprint density at radius 3 is 2.92 bits per heavy atom. The van der Waals surface area contributed by atoms with Crippen molar-refractivity contribution in [1.82, 2.24) is 0 Å². The van der Waals surface area contributed by atoms with E-state index in [9.17, 15) is 0 Å². The van der Waals surface area contributed by atoms with E-state index in [1.54, 1.807) is 0 Å². The average molecular weight is 288 g/mol. The van der Waals surface area contributed by atoms with Crippen LogP contribution in [0.3, 0.4) is 0 Å². The predicted octanol–water partition coefficient (Wildman–Crippen LogP) is 3.08. The van der Waals surface area contributed by atoms with Crippen molar-refractivity contribution in [3.05, 3.63) is 27.8 Å². The summed E-state index contributed by atoms with van der Waals surface area (Å²) in [5.41, 5.74) is 6.66. The smallest absolute Gasteiger partial charge is 0.0996 e. The molecule has 1 aromatic carbocycles. The Bertz CT molecular complexity index is 308. The van der Waals surface area contributed by atoms with E-state index in [0.29, 0.717) is 5.84 Å². The number of benzene rings is 1. The van der Waals surface area contributed by atoms with Crippen LogP contribution in [0.4, 0.5) is 5.69 Å². The van der Waals surface area contributed by atoms with Gasteiger partial charge in [-0.15, -0.1) is 0 Å². The van der Waals surface area contributed by atoms with Crippen LogP contribution in [0.15, 0.2) is 29.3 Å². The van der Waals surface area contributed by atoms with Crippen LogP contribution in [0.2, 0.25) is 0 Å². The monoisotopic (exact) mass is 288 g/mol. The molecule has 13 heavy (non-hydrogen) atoms. The fraction of sp³-hybridized carbons (Fsp3) is 0.300. The summed E-state index contributed by atoms with van der Waals surface area (Å²) in [5.74, 6) is 0.713. The summed E-state index contributed by atoms with van der Waals surface area (Å²) < 4.78 is 1.18. The van der Waals surface area contributed by atoms with E-state index in [-0.39, 0.29) is 0 Å². The molecule has 0 fully saturated rings. The quantitative estimate of drug-likeness (QED) is 0.518. The molecule has 1 aromatic rings. The fourth-order valence-electron chi connectivity index (χ4n) is 1.02. The number of amidine groups is 1. The third-order valence-electron chi connectivity index (χ3n) is 1.59. The minimum absolute atomic E-state index is 0.713. The number of halogens is 1. The molecule has 0 aliphatic carbocycles. The van der Waals surface area contributed by atoms with Crippen LogP contribution in [-0.2, 0) is 0 Å². The highest BCUT2D eigenvalue weighted by Gasteiger charge is 1.93. The molecule has 2 N–H and O–H groups in total. The van der Waals surface area contributed by atoms with E-state index in [1.807, 2.05) is 24.3 Å². The zero-order valence-electron chi connectivity index (χ0n) is 7.63. The second-order valence-corrected chi connectivity index (χ2v) is 4.08. The minimum Gasteiger partial charge on any atom is -0.387 e. The van der Waals surface area contributed by atoms with Crippen molar-refractivity contribution in [1.29, 1.82) is 0 Å². The van der Waals surface area contributed by atoms with Crippen molar-refractivity contribution in [2.75, 3.05) is 0 Å². The summed E-state index contributed by atoms with van der Waals surface area (Å²) in [5, 5.41) is 0. The molecule has 0 radical (unpaired) electrons. The van der Waals surface area contributed by atoms with Gasteiger partial charge in [0.2, 0.25) is 0 Å². The first kappa shape index (κ1) is 10.5. The number of nitrogens with zero attached hydrogens (tertiary/aromatic N) is 1. The lowest BCUT2D eigenvalue weighted by atomic mass is 10.3. The van der Waals surface area contributed by atoms with Crippen molar-refractivity contribution >= 4 is 34.1 Å². The molecule has 0 saturated carbocycles. The number of aliphatic imine (C=N–C) groups is 1. The van der Waals surface area contributed by atoms with Crippen molar-refractivity contribution in [2.45, 2.75) is 19.8 Å². The highest BCUT2D eigenvalue weighted by molar-refractivity contribution is 14.1. The summed E-state index contributed by atoms with van der Waals surface area (Å²) in [7, 11) is 0. The molecule has 2 nitrogen and oxygen atoms in total. The van der Waals surface area contributed by atoms with E-state index >= 15 is 0 Å². The highest BCUT2D eigenvalue weighted by atomic mass is 127. The van der Waals surface area contributed by atoms with Gasteiger partial charge in [-0.05, 0) is 47.2 Å². The van der Waals surface area contributed by atoms with E-state index in [4.69, 9.17) is 5.73 Å². The SMILES string of the molecule is CCCC(N)=Nc1cccc(I)c1. The molecule has 0 saturated heterocycles. The number of nitrogens with two attached hydrogens (primary N) is 1. The third-order valence-corrected chi connectivity index (χ3v) is 2.26. The molecular formula is C10H13IN2. The van der Waals surface area contributed by atoms with E-state index < -0.39 is 0 Å². The maximum Gasteiger partial charge on any atom is 0.0996 e. The second kappa shape index (κ2) is 5.21. The Morgan fingerprint density at radius 1 is 1.54 bits per heavy atom. The zero-order chi connectivity index (χ0) is 9.68. The topological polar surface area (TPSA) is 38.4 Å². The van der Waals surface area contributed by atoms with E-state index in [2.05, 4.69) is 34.5 Å². The molecule has 0 aliphatic rings. The van der Waals surface area contributed by atoms with Gasteiger partial charge in [0.1, 0.15) is 0 Å². The van der Waals surface area contributed by atoms with Gasteiger partial charge in [-0.25, -0.2) is 4.99 Å². The first-order chi connectivity index (χ1) is 6.22. The molecule has 3 heteroatoms. The summed E-state index contributed by atoms with van der Waals surface area (Å²) in [6.07, 6.45) is 1.91. The number of hydrogen-bond acceptors (Lipinski definition) is 1. The van der Waals surface area contributed by atoms with E-state index in [1.165, 1.54) is 3.57 Å². The van der Waals surface area contributed by atoms with Crippen LogP contribution < -0.4 is 5.73 Å². The molecule has 0 bridgehead atoms. The molecular weight excluding hydrogens is 275 g/mol. The average Bonchev–Trinajstić information content (AvgIpc) is 2.04. The molecule has 0 unspecified atom stereocenters. The second-order valence-electron chi connectivity index (χ2n) is 2.83. The normalized spacial score (nSPS) is 11.7. The van der Waals surface area contributed by atoms with Crippen LogP contribution in [0.25, 0.3) is 0 Å². The van der Waals surface area contributed by atoms with E-state index in [0.717, 1.165) is 18.5 Å². The summed E-state index contributed by atoms with van der Waals surface area (Å²) in [6, 6.07) is 8.00. The van der Waals surface area contributed by atoms with Crippen LogP contribution >= 0.6 is 22.6 Å². The fourth-order valence-corrected chi connectivity index (χ4v) is 1.55. The summed E-state index contributed by atoms with van der Waals surface area (Å²) in [4.78, 5) is 4.30. The molecule has 1 rings (SSSR count). The third kappa shape index (κ3) is 3.76. The van der Waals surface area contributed by atoms with Gasteiger partial charge in [0.25, 0.3) is 0 Å². The van der Waals surface area contributed by atoms with Crippen LogP contribution in [-0.4, -0.2) is 5.84 Å². The molecule has 0 amide bonds. The van der Waals surface area contributed by atoms with Crippen LogP contribution in [0.5, 0.6) is 0 Å². The highest BCUT2D eigenvalue weighted by Crippen LogP contribution is 2.15. The lowest BCUT2D eigenvalue weighted by molar-refractivity contribution is 0.983. The Kier molecular flexibility index (Phi) is 4.21. The molecule has 0 aromatic heterocycles. The first-order valence-electron chi connectivity index (χ1n) is 4.31. The summed E-state index contributed by atoms with van der Waals surface area (Å²) in [6.45, 7) is 2.09. The maximum atomic E-state index is 5.71. The largest absolute Gasteiger partial charge is 0.387 e. The molecule has 0 aliphatic heterocycles. The Morgan fingerprint density at radius 2 is 2.31 bits per heavy atom. The van der Waals surface area contributed by atoms with Crippen molar-refractivity contribution in [2.24, 2.45) is 10.7 Å².